The van der Waals surface area contributed by atoms with Gasteiger partial charge in [0.1, 0.15) is 16.5 Å². The molecule has 0 fully saturated rings. The van der Waals surface area contributed by atoms with Crippen LogP contribution in [0.5, 0.6) is 0 Å². The molecule has 0 aliphatic heterocycles. The van der Waals surface area contributed by atoms with E-state index in [4.69, 9.17) is 0 Å². The molecule has 2 rings (SSSR count). The van der Waals surface area contributed by atoms with Crippen LogP contribution in [0.2, 0.25) is 0 Å². The van der Waals surface area contributed by atoms with Gasteiger partial charge in [0.2, 0.25) is 0 Å². The predicted octanol–water partition coefficient (Wildman–Crippen LogP) is 4.84. The van der Waals surface area contributed by atoms with Gasteiger partial charge in [0.15, 0.2) is 0 Å². The minimum Gasteiger partial charge on any atom is -0.372 e. The van der Waals surface area contributed by atoms with Crippen LogP contribution in [-0.2, 0) is 10.9 Å². The van der Waals surface area contributed by atoms with E-state index in [9.17, 15) is 31.1 Å². The summed E-state index contributed by atoms with van der Waals surface area (Å²) < 4.78 is 78.1. The number of ether oxygens (including phenoxy) is 1. The third-order valence-corrected chi connectivity index (χ3v) is 4.68. The van der Waals surface area contributed by atoms with Crippen molar-refractivity contribution in [1.82, 2.24) is 10.3 Å². The van der Waals surface area contributed by atoms with Crippen molar-refractivity contribution in [2.45, 2.75) is 25.7 Å². The van der Waals surface area contributed by atoms with E-state index in [1.54, 1.807) is 6.92 Å². The Morgan fingerprint density at radius 1 is 1.14 bits per heavy atom. The Balaban J connectivity index is 1.91. The fourth-order valence-corrected chi connectivity index (χ4v) is 3.16. The fourth-order valence-electron chi connectivity index (χ4n) is 2.18. The number of rotatable bonds is 7. The molecular weight excluding hydrogens is 410 g/mol. The molecule has 0 unspecified atom stereocenters. The van der Waals surface area contributed by atoms with E-state index < -0.39 is 30.4 Å². The number of amides is 1. The summed E-state index contributed by atoms with van der Waals surface area (Å²) in [5.74, 6) is -0.455. The van der Waals surface area contributed by atoms with Gasteiger partial charge < -0.3 is 10.1 Å². The number of halogens is 6. The average molecular weight is 426 g/mol. The van der Waals surface area contributed by atoms with Gasteiger partial charge in [-0.2, -0.15) is 26.3 Å². The molecule has 0 atom stereocenters. The standard InChI is InChI=1S/C17H16F6N2O2S/c1-10-13(14(26)24-7-2-8-27-9-16(18,19)20)28-15(25-10)11-3-5-12(6-4-11)17(21,22)23/h3-6H,2,7-9H2,1H3,(H,24,26). The van der Waals surface area contributed by atoms with Crippen LogP contribution < -0.4 is 5.32 Å². The maximum Gasteiger partial charge on any atom is 0.416 e. The van der Waals surface area contributed by atoms with E-state index in [1.807, 2.05) is 0 Å². The Labute approximate surface area is 160 Å². The van der Waals surface area contributed by atoms with Gasteiger partial charge >= 0.3 is 12.4 Å². The van der Waals surface area contributed by atoms with Crippen molar-refractivity contribution in [3.05, 3.63) is 40.4 Å². The zero-order valence-corrected chi connectivity index (χ0v) is 15.4. The molecule has 28 heavy (non-hydrogen) atoms. The lowest BCUT2D eigenvalue weighted by Crippen LogP contribution is -2.25. The smallest absolute Gasteiger partial charge is 0.372 e. The number of thiazole rings is 1. The van der Waals surface area contributed by atoms with Crippen molar-refractivity contribution in [2.75, 3.05) is 19.8 Å². The van der Waals surface area contributed by atoms with Gasteiger partial charge in [-0.15, -0.1) is 11.3 Å². The fraction of sp³-hybridized carbons (Fsp3) is 0.412. The van der Waals surface area contributed by atoms with Gasteiger partial charge in [0.05, 0.1) is 11.3 Å². The number of hydrogen-bond acceptors (Lipinski definition) is 4. The normalized spacial score (nSPS) is 12.2. The summed E-state index contributed by atoms with van der Waals surface area (Å²) in [5, 5.41) is 2.95. The predicted molar refractivity (Wildman–Crippen MR) is 91.1 cm³/mol. The van der Waals surface area contributed by atoms with Crippen LogP contribution in [0, 0.1) is 6.92 Å². The molecule has 2 aromatic rings. The Morgan fingerprint density at radius 2 is 1.79 bits per heavy atom. The number of nitrogens with zero attached hydrogens (tertiary/aromatic N) is 1. The molecule has 154 valence electrons. The second kappa shape index (κ2) is 8.91. The molecule has 1 N–H and O–H groups in total. The number of benzene rings is 1. The minimum absolute atomic E-state index is 0.115. The molecule has 0 aliphatic carbocycles. The maximum absolute atomic E-state index is 12.6. The number of alkyl halides is 6. The molecule has 0 saturated heterocycles. The minimum atomic E-state index is -4.44. The van der Waals surface area contributed by atoms with Crippen LogP contribution in [0.3, 0.4) is 0 Å². The molecule has 1 aromatic heterocycles. The highest BCUT2D eigenvalue weighted by Gasteiger charge is 2.30. The summed E-state index contributed by atoms with van der Waals surface area (Å²) in [7, 11) is 0. The van der Waals surface area contributed by atoms with Crippen LogP contribution >= 0.6 is 11.3 Å². The van der Waals surface area contributed by atoms with E-state index in [2.05, 4.69) is 15.0 Å². The summed E-state index contributed by atoms with van der Waals surface area (Å²) in [4.78, 5) is 16.7. The Morgan fingerprint density at radius 3 is 2.36 bits per heavy atom. The lowest BCUT2D eigenvalue weighted by molar-refractivity contribution is -0.173. The van der Waals surface area contributed by atoms with Gasteiger partial charge in [0, 0.05) is 18.7 Å². The first kappa shape index (κ1) is 22.2. The quantitative estimate of drug-likeness (QED) is 0.510. The van der Waals surface area contributed by atoms with Crippen molar-refractivity contribution in [3.63, 3.8) is 0 Å². The lowest BCUT2D eigenvalue weighted by atomic mass is 10.1. The van der Waals surface area contributed by atoms with E-state index in [-0.39, 0.29) is 24.4 Å². The summed E-state index contributed by atoms with van der Waals surface area (Å²) in [5.41, 5.74) is 0.0710. The van der Waals surface area contributed by atoms with Gasteiger partial charge in [0.25, 0.3) is 5.91 Å². The highest BCUT2D eigenvalue weighted by Crippen LogP contribution is 2.33. The Bertz CT molecular complexity index is 799. The maximum atomic E-state index is 12.6. The molecule has 0 saturated carbocycles. The summed E-state index contributed by atoms with van der Waals surface area (Å²) >= 11 is 1.02. The first-order chi connectivity index (χ1) is 13.0. The van der Waals surface area contributed by atoms with Crippen molar-refractivity contribution in [2.24, 2.45) is 0 Å². The Kier molecular flexibility index (Phi) is 7.05. The highest BCUT2D eigenvalue weighted by atomic mass is 32.1. The van der Waals surface area contributed by atoms with Crippen molar-refractivity contribution in [3.8, 4) is 10.6 Å². The molecule has 1 aromatic carbocycles. The molecule has 1 heterocycles. The summed E-state index contributed by atoms with van der Waals surface area (Å²) in [6.45, 7) is 0.207. The van der Waals surface area contributed by atoms with Gasteiger partial charge in [-0.05, 0) is 25.5 Å². The zero-order valence-electron chi connectivity index (χ0n) is 14.6. The summed E-state index contributed by atoms with van der Waals surface area (Å²) in [6, 6.07) is 4.43. The number of hydrogen-bond donors (Lipinski definition) is 1. The van der Waals surface area contributed by atoms with Gasteiger partial charge in [-0.25, -0.2) is 4.98 Å². The SMILES string of the molecule is Cc1nc(-c2ccc(C(F)(F)F)cc2)sc1C(=O)NCCCOCC(F)(F)F. The van der Waals surface area contributed by atoms with Crippen molar-refractivity contribution in [1.29, 1.82) is 0 Å². The van der Waals surface area contributed by atoms with Crippen LogP contribution in [0.15, 0.2) is 24.3 Å². The molecule has 0 radical (unpaired) electrons. The molecule has 0 spiro atoms. The third kappa shape index (κ3) is 6.48. The summed E-state index contributed by atoms with van der Waals surface area (Å²) in [6.07, 6.45) is -8.63. The van der Waals surface area contributed by atoms with Crippen molar-refractivity contribution < 1.29 is 35.9 Å². The molecule has 11 heteroatoms. The highest BCUT2D eigenvalue weighted by molar-refractivity contribution is 7.17. The van der Waals surface area contributed by atoms with Crippen LogP contribution in [0.1, 0.15) is 27.3 Å². The first-order valence-electron chi connectivity index (χ1n) is 8.05. The van der Waals surface area contributed by atoms with E-state index in [0.29, 0.717) is 16.3 Å². The zero-order chi connectivity index (χ0) is 20.9. The van der Waals surface area contributed by atoms with E-state index in [1.165, 1.54) is 12.1 Å². The van der Waals surface area contributed by atoms with Gasteiger partial charge in [-0.1, -0.05) is 12.1 Å². The first-order valence-corrected chi connectivity index (χ1v) is 8.87. The molecule has 4 nitrogen and oxygen atoms in total. The number of aromatic nitrogens is 1. The molecule has 0 aliphatic rings. The third-order valence-electron chi connectivity index (χ3n) is 3.48. The largest absolute Gasteiger partial charge is 0.416 e. The average Bonchev–Trinajstić information content (AvgIpc) is 2.98. The number of aryl methyl sites for hydroxylation is 1. The molecule has 1 amide bonds. The van der Waals surface area contributed by atoms with Crippen LogP contribution in [0.4, 0.5) is 26.3 Å². The monoisotopic (exact) mass is 426 g/mol. The van der Waals surface area contributed by atoms with Crippen molar-refractivity contribution >= 4 is 17.2 Å². The Hall–Kier alpha value is -2.14. The molecule has 0 bridgehead atoms. The van der Waals surface area contributed by atoms with E-state index in [0.717, 1.165) is 23.5 Å². The second-order valence-corrected chi connectivity index (χ2v) is 6.78. The van der Waals surface area contributed by atoms with Gasteiger partial charge in [-0.3, -0.25) is 4.79 Å². The lowest BCUT2D eigenvalue weighted by Gasteiger charge is -2.08. The van der Waals surface area contributed by atoms with E-state index >= 15 is 0 Å². The topological polar surface area (TPSA) is 51.2 Å². The molecular formula is C17H16F6N2O2S. The van der Waals surface area contributed by atoms with Crippen LogP contribution in [0.25, 0.3) is 10.6 Å². The number of nitrogens with one attached hydrogen (secondary N) is 1. The number of carbonyl (C=O) groups excluding carboxylic acids is 1. The van der Waals surface area contributed by atoms with Crippen LogP contribution in [-0.4, -0.2) is 36.8 Å². The second-order valence-electron chi connectivity index (χ2n) is 5.79. The number of carbonyl (C=O) groups is 1.